The van der Waals surface area contributed by atoms with Crippen LogP contribution in [0.1, 0.15) is 32.6 Å². The molecule has 1 N–H and O–H groups in total. The molecule has 2 amide bonds. The van der Waals surface area contributed by atoms with E-state index >= 15 is 0 Å². The summed E-state index contributed by atoms with van der Waals surface area (Å²) in [6.07, 6.45) is 3.99. The first kappa shape index (κ1) is 20.7. The second kappa shape index (κ2) is 9.96. The third kappa shape index (κ3) is 5.73. The lowest BCUT2D eigenvalue weighted by Crippen LogP contribution is -2.32. The SMILES string of the molecule is COc1cccc(N(CCC(=O)Nc2ccc(N3CCCCC3)cc2)C(C)=O)c1. The van der Waals surface area contributed by atoms with Gasteiger partial charge in [-0.3, -0.25) is 9.59 Å². The molecule has 2 aromatic carbocycles. The van der Waals surface area contributed by atoms with Crippen molar-refractivity contribution in [3.05, 3.63) is 48.5 Å². The summed E-state index contributed by atoms with van der Waals surface area (Å²) >= 11 is 0. The zero-order chi connectivity index (χ0) is 20.6. The Kier molecular flexibility index (Phi) is 7.11. The number of nitrogens with one attached hydrogen (secondary N) is 1. The van der Waals surface area contributed by atoms with Gasteiger partial charge < -0.3 is 19.9 Å². The largest absolute Gasteiger partial charge is 0.497 e. The van der Waals surface area contributed by atoms with E-state index in [0.29, 0.717) is 12.3 Å². The predicted octanol–water partition coefficient (Wildman–Crippen LogP) is 4.07. The van der Waals surface area contributed by atoms with Gasteiger partial charge in [0.1, 0.15) is 5.75 Å². The number of anilines is 3. The number of benzene rings is 2. The fraction of sp³-hybridized carbons (Fsp3) is 0.391. The van der Waals surface area contributed by atoms with Crippen LogP contribution in [0, 0.1) is 0 Å². The summed E-state index contributed by atoms with van der Waals surface area (Å²) in [6, 6.07) is 15.3. The predicted molar refractivity (Wildman–Crippen MR) is 117 cm³/mol. The average molecular weight is 396 g/mol. The first-order valence-electron chi connectivity index (χ1n) is 10.1. The van der Waals surface area contributed by atoms with Crippen molar-refractivity contribution in [1.29, 1.82) is 0 Å². The van der Waals surface area contributed by atoms with Crippen molar-refractivity contribution in [3.8, 4) is 5.75 Å². The molecule has 1 fully saturated rings. The molecular formula is C23H29N3O3. The van der Waals surface area contributed by atoms with E-state index < -0.39 is 0 Å². The molecule has 3 rings (SSSR count). The highest BCUT2D eigenvalue weighted by atomic mass is 16.5. The van der Waals surface area contributed by atoms with E-state index in [4.69, 9.17) is 4.74 Å². The standard InChI is InChI=1S/C23H29N3O3/c1-18(27)26(21-7-6-8-22(17-21)29-2)16-13-23(28)24-19-9-11-20(12-10-19)25-14-4-3-5-15-25/h6-12,17H,3-5,13-16H2,1-2H3,(H,24,28). The third-order valence-corrected chi connectivity index (χ3v) is 5.18. The molecule has 0 atom stereocenters. The van der Waals surface area contributed by atoms with Crippen molar-refractivity contribution >= 4 is 28.9 Å². The third-order valence-electron chi connectivity index (χ3n) is 5.18. The number of hydrogen-bond donors (Lipinski definition) is 1. The molecule has 0 aliphatic carbocycles. The van der Waals surface area contributed by atoms with E-state index in [1.165, 1.54) is 31.9 Å². The molecule has 0 bridgehead atoms. The van der Waals surface area contributed by atoms with Gasteiger partial charge in [0.05, 0.1) is 7.11 Å². The smallest absolute Gasteiger partial charge is 0.226 e. The van der Waals surface area contributed by atoms with Gasteiger partial charge in [0.2, 0.25) is 11.8 Å². The molecule has 2 aromatic rings. The average Bonchev–Trinajstić information content (AvgIpc) is 2.75. The fourth-order valence-electron chi connectivity index (χ4n) is 3.59. The van der Waals surface area contributed by atoms with Gasteiger partial charge in [0.25, 0.3) is 0 Å². The van der Waals surface area contributed by atoms with Crippen molar-refractivity contribution in [3.63, 3.8) is 0 Å². The maximum atomic E-state index is 12.4. The molecule has 29 heavy (non-hydrogen) atoms. The summed E-state index contributed by atoms with van der Waals surface area (Å²) in [5.74, 6) is 0.439. The lowest BCUT2D eigenvalue weighted by Gasteiger charge is -2.28. The number of hydrogen-bond acceptors (Lipinski definition) is 4. The molecule has 0 spiro atoms. The molecule has 1 aliphatic heterocycles. The first-order chi connectivity index (χ1) is 14.1. The molecule has 0 radical (unpaired) electrons. The second-order valence-electron chi connectivity index (χ2n) is 7.26. The molecule has 0 aromatic heterocycles. The number of carbonyl (C=O) groups excluding carboxylic acids is 2. The van der Waals surface area contributed by atoms with Crippen LogP contribution in [0.25, 0.3) is 0 Å². The molecule has 6 nitrogen and oxygen atoms in total. The summed E-state index contributed by atoms with van der Waals surface area (Å²) in [5, 5.41) is 2.92. The summed E-state index contributed by atoms with van der Waals surface area (Å²) in [5.41, 5.74) is 2.69. The van der Waals surface area contributed by atoms with Crippen LogP contribution in [0.15, 0.2) is 48.5 Å². The first-order valence-corrected chi connectivity index (χ1v) is 10.1. The highest BCUT2D eigenvalue weighted by Crippen LogP contribution is 2.23. The van der Waals surface area contributed by atoms with E-state index in [1.54, 1.807) is 18.1 Å². The lowest BCUT2D eigenvalue weighted by molar-refractivity contribution is -0.117. The molecule has 1 aliphatic rings. The Balaban J connectivity index is 1.55. The van der Waals surface area contributed by atoms with E-state index in [-0.39, 0.29) is 18.2 Å². The molecule has 1 heterocycles. The van der Waals surface area contributed by atoms with E-state index in [1.807, 2.05) is 30.3 Å². The van der Waals surface area contributed by atoms with Gasteiger partial charge in [-0.05, 0) is 55.7 Å². The lowest BCUT2D eigenvalue weighted by atomic mass is 10.1. The van der Waals surface area contributed by atoms with Crippen LogP contribution in [0.4, 0.5) is 17.1 Å². The monoisotopic (exact) mass is 395 g/mol. The van der Waals surface area contributed by atoms with Gasteiger partial charge in [-0.15, -0.1) is 0 Å². The Morgan fingerprint density at radius 3 is 2.45 bits per heavy atom. The van der Waals surface area contributed by atoms with Gasteiger partial charge in [-0.1, -0.05) is 6.07 Å². The number of ether oxygens (including phenoxy) is 1. The van der Waals surface area contributed by atoms with Crippen LogP contribution in [0.2, 0.25) is 0 Å². The van der Waals surface area contributed by atoms with Gasteiger partial charge >= 0.3 is 0 Å². The van der Waals surface area contributed by atoms with E-state index in [2.05, 4.69) is 22.3 Å². The highest BCUT2D eigenvalue weighted by Gasteiger charge is 2.15. The van der Waals surface area contributed by atoms with Gasteiger partial charge in [0, 0.05) is 56.1 Å². The number of amides is 2. The second-order valence-corrected chi connectivity index (χ2v) is 7.26. The van der Waals surface area contributed by atoms with Crippen molar-refractivity contribution in [2.45, 2.75) is 32.6 Å². The van der Waals surface area contributed by atoms with Crippen LogP contribution in [0.3, 0.4) is 0 Å². The molecule has 1 saturated heterocycles. The fourth-order valence-corrected chi connectivity index (χ4v) is 3.59. The van der Waals surface area contributed by atoms with Crippen molar-refractivity contribution in [2.75, 3.05) is 41.9 Å². The van der Waals surface area contributed by atoms with E-state index in [0.717, 1.165) is 24.5 Å². The summed E-state index contributed by atoms with van der Waals surface area (Å²) in [4.78, 5) is 28.4. The highest BCUT2D eigenvalue weighted by molar-refractivity contribution is 5.95. The van der Waals surface area contributed by atoms with Crippen LogP contribution in [-0.2, 0) is 9.59 Å². The Labute approximate surface area is 172 Å². The van der Waals surface area contributed by atoms with Crippen LogP contribution in [-0.4, -0.2) is 38.6 Å². The minimum absolute atomic E-state index is 0.114. The molecular weight excluding hydrogens is 366 g/mol. The van der Waals surface area contributed by atoms with Crippen LogP contribution < -0.4 is 19.9 Å². The Bertz CT molecular complexity index is 830. The van der Waals surface area contributed by atoms with Crippen molar-refractivity contribution in [2.24, 2.45) is 0 Å². The minimum atomic E-state index is -0.120. The Morgan fingerprint density at radius 2 is 1.79 bits per heavy atom. The van der Waals surface area contributed by atoms with Crippen LogP contribution >= 0.6 is 0 Å². The minimum Gasteiger partial charge on any atom is -0.497 e. The van der Waals surface area contributed by atoms with Gasteiger partial charge in [-0.25, -0.2) is 0 Å². The maximum Gasteiger partial charge on any atom is 0.226 e. The number of methoxy groups -OCH3 is 1. The Hall–Kier alpha value is -3.02. The zero-order valence-corrected chi connectivity index (χ0v) is 17.2. The quantitative estimate of drug-likeness (QED) is 0.768. The van der Waals surface area contributed by atoms with Crippen molar-refractivity contribution < 1.29 is 14.3 Å². The summed E-state index contributed by atoms with van der Waals surface area (Å²) in [6.45, 7) is 3.99. The number of rotatable bonds is 7. The summed E-state index contributed by atoms with van der Waals surface area (Å²) in [7, 11) is 1.58. The zero-order valence-electron chi connectivity index (χ0n) is 17.2. The number of carbonyl (C=O) groups is 2. The molecule has 154 valence electrons. The number of nitrogens with zero attached hydrogens (tertiary/aromatic N) is 2. The van der Waals surface area contributed by atoms with Gasteiger partial charge in [0.15, 0.2) is 0 Å². The maximum absolute atomic E-state index is 12.4. The molecule has 0 unspecified atom stereocenters. The van der Waals surface area contributed by atoms with Gasteiger partial charge in [-0.2, -0.15) is 0 Å². The van der Waals surface area contributed by atoms with Crippen molar-refractivity contribution in [1.82, 2.24) is 0 Å². The van der Waals surface area contributed by atoms with Crippen LogP contribution in [0.5, 0.6) is 5.75 Å². The Morgan fingerprint density at radius 1 is 1.07 bits per heavy atom. The number of piperidine rings is 1. The van der Waals surface area contributed by atoms with E-state index in [9.17, 15) is 9.59 Å². The molecule has 0 saturated carbocycles. The normalized spacial score (nSPS) is 13.7. The molecule has 6 heteroatoms. The summed E-state index contributed by atoms with van der Waals surface area (Å²) < 4.78 is 5.22. The topological polar surface area (TPSA) is 61.9 Å².